The number of hydrogen-bond acceptors (Lipinski definition) is 5. The van der Waals surface area contributed by atoms with E-state index in [1.807, 2.05) is 53.8 Å². The molecular formula is C20H22N4O2S. The summed E-state index contributed by atoms with van der Waals surface area (Å²) in [7, 11) is 1.96. The standard InChI is InChI=1S/C20H22N4O2S/c1-14-17(9-12-26-14)18-21-22-20(23(18)2)27-13-15-5-7-16(8-6-15)19(25)24-10-3-4-11-24/h5-9,12H,3-4,10-11,13H2,1-2H3. The average molecular weight is 382 g/mol. The molecule has 0 radical (unpaired) electrons. The molecule has 4 rings (SSSR count). The van der Waals surface area contributed by atoms with Gasteiger partial charge in [0.25, 0.3) is 5.91 Å². The lowest BCUT2D eigenvalue weighted by Gasteiger charge is -2.15. The van der Waals surface area contributed by atoms with E-state index in [9.17, 15) is 4.79 Å². The van der Waals surface area contributed by atoms with Crippen molar-refractivity contribution in [1.29, 1.82) is 0 Å². The molecule has 1 fully saturated rings. The lowest BCUT2D eigenvalue weighted by Crippen LogP contribution is -2.27. The van der Waals surface area contributed by atoms with Gasteiger partial charge < -0.3 is 13.9 Å². The summed E-state index contributed by atoms with van der Waals surface area (Å²) in [6, 6.07) is 9.80. The zero-order valence-electron chi connectivity index (χ0n) is 15.5. The number of hydrogen-bond donors (Lipinski definition) is 0. The Bertz CT molecular complexity index is 939. The van der Waals surface area contributed by atoms with Gasteiger partial charge in [-0.25, -0.2) is 0 Å². The van der Waals surface area contributed by atoms with Crippen LogP contribution in [0, 0.1) is 6.92 Å². The average Bonchev–Trinajstić information content (AvgIpc) is 3.42. The van der Waals surface area contributed by atoms with E-state index in [2.05, 4.69) is 10.2 Å². The van der Waals surface area contributed by atoms with Crippen LogP contribution in [0.3, 0.4) is 0 Å². The first kappa shape index (κ1) is 17.9. The number of furan rings is 1. The molecule has 0 atom stereocenters. The minimum atomic E-state index is 0.139. The summed E-state index contributed by atoms with van der Waals surface area (Å²) < 4.78 is 7.34. The largest absolute Gasteiger partial charge is 0.469 e. The molecule has 27 heavy (non-hydrogen) atoms. The van der Waals surface area contributed by atoms with Gasteiger partial charge in [-0.05, 0) is 43.5 Å². The van der Waals surface area contributed by atoms with Crippen molar-refractivity contribution in [3.8, 4) is 11.4 Å². The van der Waals surface area contributed by atoms with E-state index in [0.717, 1.165) is 65.1 Å². The van der Waals surface area contributed by atoms with Gasteiger partial charge in [-0.2, -0.15) is 0 Å². The zero-order valence-corrected chi connectivity index (χ0v) is 16.3. The zero-order chi connectivity index (χ0) is 18.8. The molecule has 0 spiro atoms. The molecule has 6 nitrogen and oxygen atoms in total. The van der Waals surface area contributed by atoms with Gasteiger partial charge >= 0.3 is 0 Å². The molecule has 0 unspecified atom stereocenters. The molecule has 1 aliphatic heterocycles. The van der Waals surface area contributed by atoms with E-state index in [0.29, 0.717) is 0 Å². The third-order valence-electron chi connectivity index (χ3n) is 4.90. The van der Waals surface area contributed by atoms with Crippen LogP contribution >= 0.6 is 11.8 Å². The second kappa shape index (κ2) is 7.60. The van der Waals surface area contributed by atoms with Gasteiger partial charge in [0.15, 0.2) is 11.0 Å². The van der Waals surface area contributed by atoms with Crippen LogP contribution in [-0.2, 0) is 12.8 Å². The maximum Gasteiger partial charge on any atom is 0.253 e. The normalized spacial score (nSPS) is 14.1. The molecule has 1 aliphatic rings. The third kappa shape index (κ3) is 3.64. The van der Waals surface area contributed by atoms with Crippen molar-refractivity contribution in [2.24, 2.45) is 7.05 Å². The number of rotatable bonds is 5. The van der Waals surface area contributed by atoms with Gasteiger partial charge in [0.05, 0.1) is 11.8 Å². The molecule has 0 N–H and O–H groups in total. The van der Waals surface area contributed by atoms with E-state index in [4.69, 9.17) is 4.42 Å². The Morgan fingerprint density at radius 1 is 1.15 bits per heavy atom. The monoisotopic (exact) mass is 382 g/mol. The molecule has 140 valence electrons. The Labute approximate surface area is 162 Å². The summed E-state index contributed by atoms with van der Waals surface area (Å²) in [4.78, 5) is 14.3. The molecule has 1 amide bonds. The lowest BCUT2D eigenvalue weighted by atomic mass is 10.1. The molecule has 3 heterocycles. The highest BCUT2D eigenvalue weighted by molar-refractivity contribution is 7.98. The van der Waals surface area contributed by atoms with Crippen LogP contribution in [0.1, 0.15) is 34.5 Å². The van der Waals surface area contributed by atoms with Gasteiger partial charge in [0, 0.05) is 31.5 Å². The van der Waals surface area contributed by atoms with Gasteiger partial charge in [-0.3, -0.25) is 4.79 Å². The van der Waals surface area contributed by atoms with Crippen molar-refractivity contribution < 1.29 is 9.21 Å². The Morgan fingerprint density at radius 2 is 1.89 bits per heavy atom. The van der Waals surface area contributed by atoms with Gasteiger partial charge in [0.1, 0.15) is 5.76 Å². The summed E-state index contributed by atoms with van der Waals surface area (Å²) >= 11 is 1.63. The van der Waals surface area contributed by atoms with Crippen LogP contribution in [0.4, 0.5) is 0 Å². The van der Waals surface area contributed by atoms with Crippen molar-refractivity contribution in [1.82, 2.24) is 19.7 Å². The number of likely N-dealkylation sites (tertiary alicyclic amines) is 1. The van der Waals surface area contributed by atoms with Crippen molar-refractivity contribution in [2.75, 3.05) is 13.1 Å². The van der Waals surface area contributed by atoms with E-state index in [-0.39, 0.29) is 5.91 Å². The van der Waals surface area contributed by atoms with Crippen LogP contribution in [-0.4, -0.2) is 38.7 Å². The highest BCUT2D eigenvalue weighted by Gasteiger charge is 2.19. The van der Waals surface area contributed by atoms with Crippen molar-refractivity contribution in [3.63, 3.8) is 0 Å². The fourth-order valence-electron chi connectivity index (χ4n) is 3.29. The number of carbonyl (C=O) groups excluding carboxylic acids is 1. The minimum Gasteiger partial charge on any atom is -0.469 e. The Kier molecular flexibility index (Phi) is 5.03. The van der Waals surface area contributed by atoms with Gasteiger partial charge in [0.2, 0.25) is 0 Å². The second-order valence-electron chi connectivity index (χ2n) is 6.74. The number of thioether (sulfide) groups is 1. The Hall–Kier alpha value is -2.54. The summed E-state index contributed by atoms with van der Waals surface area (Å²) in [5, 5.41) is 9.44. The molecule has 2 aromatic heterocycles. The third-order valence-corrected chi connectivity index (χ3v) is 5.99. The maximum atomic E-state index is 12.4. The predicted molar refractivity (Wildman–Crippen MR) is 105 cm³/mol. The van der Waals surface area contributed by atoms with Crippen LogP contribution < -0.4 is 0 Å². The number of carbonyl (C=O) groups is 1. The van der Waals surface area contributed by atoms with E-state index in [1.54, 1.807) is 18.0 Å². The Morgan fingerprint density at radius 3 is 2.56 bits per heavy atom. The van der Waals surface area contributed by atoms with Gasteiger partial charge in [-0.1, -0.05) is 23.9 Å². The number of benzene rings is 1. The Balaban J connectivity index is 1.41. The second-order valence-corrected chi connectivity index (χ2v) is 7.68. The molecule has 3 aromatic rings. The number of amides is 1. The molecule has 1 aromatic carbocycles. The fraction of sp³-hybridized carbons (Fsp3) is 0.350. The first-order valence-electron chi connectivity index (χ1n) is 9.08. The summed E-state index contributed by atoms with van der Waals surface area (Å²) in [6.07, 6.45) is 3.88. The molecule has 7 heteroatoms. The highest BCUT2D eigenvalue weighted by atomic mass is 32.2. The predicted octanol–water partition coefficient (Wildman–Crippen LogP) is 3.91. The number of nitrogens with zero attached hydrogens (tertiary/aromatic N) is 4. The molecule has 0 saturated carbocycles. The highest BCUT2D eigenvalue weighted by Crippen LogP contribution is 2.27. The van der Waals surface area contributed by atoms with E-state index >= 15 is 0 Å². The van der Waals surface area contributed by atoms with E-state index in [1.165, 1.54) is 0 Å². The molecule has 1 saturated heterocycles. The molecule has 0 bridgehead atoms. The minimum absolute atomic E-state index is 0.139. The van der Waals surface area contributed by atoms with Crippen molar-refractivity contribution in [3.05, 3.63) is 53.5 Å². The van der Waals surface area contributed by atoms with Crippen LogP contribution in [0.15, 0.2) is 46.2 Å². The fourth-order valence-corrected chi connectivity index (χ4v) is 4.15. The van der Waals surface area contributed by atoms with Crippen LogP contribution in [0.5, 0.6) is 0 Å². The maximum absolute atomic E-state index is 12.4. The first-order chi connectivity index (χ1) is 13.1. The number of aromatic nitrogens is 3. The van der Waals surface area contributed by atoms with Crippen LogP contribution in [0.25, 0.3) is 11.4 Å². The SMILES string of the molecule is Cc1occc1-c1nnc(SCc2ccc(C(=O)N3CCCC3)cc2)n1C. The molecule has 0 aliphatic carbocycles. The van der Waals surface area contributed by atoms with E-state index < -0.39 is 0 Å². The van der Waals surface area contributed by atoms with Crippen LogP contribution in [0.2, 0.25) is 0 Å². The lowest BCUT2D eigenvalue weighted by molar-refractivity contribution is 0.0793. The summed E-state index contributed by atoms with van der Waals surface area (Å²) in [5.41, 5.74) is 2.88. The quantitative estimate of drug-likeness (QED) is 0.626. The smallest absolute Gasteiger partial charge is 0.253 e. The first-order valence-corrected chi connectivity index (χ1v) is 10.1. The van der Waals surface area contributed by atoms with Crippen molar-refractivity contribution in [2.45, 2.75) is 30.7 Å². The van der Waals surface area contributed by atoms with Crippen molar-refractivity contribution >= 4 is 17.7 Å². The summed E-state index contributed by atoms with van der Waals surface area (Å²) in [6.45, 7) is 3.67. The summed E-state index contributed by atoms with van der Waals surface area (Å²) in [5.74, 6) is 2.55. The molecular weight excluding hydrogens is 360 g/mol. The van der Waals surface area contributed by atoms with Gasteiger partial charge in [-0.15, -0.1) is 10.2 Å². The topological polar surface area (TPSA) is 64.2 Å². The number of aryl methyl sites for hydroxylation is 1.